The Morgan fingerprint density at radius 2 is 1.72 bits per heavy atom. The van der Waals surface area contributed by atoms with Crippen molar-refractivity contribution in [2.24, 2.45) is 0 Å². The fraction of sp³-hybridized carbons (Fsp3) is 0.105. The van der Waals surface area contributed by atoms with Crippen molar-refractivity contribution in [1.29, 1.82) is 0 Å². The molecule has 0 spiro atoms. The maximum Gasteiger partial charge on any atom is 0.305 e. The van der Waals surface area contributed by atoms with Crippen molar-refractivity contribution in [2.75, 3.05) is 0 Å². The Kier molecular flexibility index (Phi) is 5.31. The molecule has 25 heavy (non-hydrogen) atoms. The van der Waals surface area contributed by atoms with E-state index in [9.17, 15) is 14.7 Å². The normalized spacial score (nSPS) is 17.1. The molecule has 2 aromatic rings. The molecule has 1 aliphatic rings. The Balaban J connectivity index is 1.94. The van der Waals surface area contributed by atoms with Gasteiger partial charge in [0.2, 0.25) is 0 Å². The molecular weight excluding hydrogens is 354 g/mol. The lowest BCUT2D eigenvalue weighted by Gasteiger charge is -2.26. The van der Waals surface area contributed by atoms with E-state index in [0.29, 0.717) is 9.23 Å². The van der Waals surface area contributed by atoms with Gasteiger partial charge < -0.3 is 5.11 Å². The average Bonchev–Trinajstić information content (AvgIpc) is 2.88. The highest BCUT2D eigenvalue weighted by Crippen LogP contribution is 2.39. The average molecular weight is 369 g/mol. The predicted molar refractivity (Wildman–Crippen MR) is 103 cm³/mol. The molecule has 1 saturated heterocycles. The van der Waals surface area contributed by atoms with Gasteiger partial charge in [0, 0.05) is 0 Å². The number of thiocarbonyl (C=S) groups is 1. The van der Waals surface area contributed by atoms with E-state index in [0.717, 1.165) is 11.1 Å². The van der Waals surface area contributed by atoms with E-state index in [1.54, 1.807) is 6.08 Å². The van der Waals surface area contributed by atoms with E-state index in [1.165, 1.54) is 16.7 Å². The zero-order valence-corrected chi connectivity index (χ0v) is 14.8. The van der Waals surface area contributed by atoms with Crippen LogP contribution in [0.3, 0.4) is 0 Å². The molecule has 1 N–H and O–H groups in total. The van der Waals surface area contributed by atoms with Crippen LogP contribution < -0.4 is 0 Å². The first kappa shape index (κ1) is 17.4. The molecule has 0 saturated carbocycles. The number of carboxylic acids is 1. The zero-order valence-electron chi connectivity index (χ0n) is 13.2. The van der Waals surface area contributed by atoms with E-state index in [2.05, 4.69) is 0 Å². The summed E-state index contributed by atoms with van der Waals surface area (Å²) in [5, 5.41) is 9.28. The molecular formula is C19H15NO3S2. The maximum absolute atomic E-state index is 12.9. The third-order valence-corrected chi connectivity index (χ3v) is 5.12. The van der Waals surface area contributed by atoms with Gasteiger partial charge in [0.1, 0.15) is 4.32 Å². The highest BCUT2D eigenvalue weighted by molar-refractivity contribution is 8.26. The lowest BCUT2D eigenvalue weighted by atomic mass is 10.0. The van der Waals surface area contributed by atoms with E-state index < -0.39 is 12.0 Å². The quantitative estimate of drug-likeness (QED) is 0.635. The molecule has 1 heterocycles. The topological polar surface area (TPSA) is 57.6 Å². The second-order valence-corrected chi connectivity index (χ2v) is 7.16. The van der Waals surface area contributed by atoms with Gasteiger partial charge in [-0.25, -0.2) is 0 Å². The first-order valence-corrected chi connectivity index (χ1v) is 8.87. The van der Waals surface area contributed by atoms with E-state index >= 15 is 0 Å². The minimum absolute atomic E-state index is 0.199. The second-order valence-electron chi connectivity index (χ2n) is 5.49. The molecule has 0 aliphatic carbocycles. The van der Waals surface area contributed by atoms with Crippen molar-refractivity contribution in [3.63, 3.8) is 0 Å². The lowest BCUT2D eigenvalue weighted by molar-refractivity contribution is -0.138. The fourth-order valence-electron chi connectivity index (χ4n) is 2.65. The summed E-state index contributed by atoms with van der Waals surface area (Å²) >= 11 is 6.58. The van der Waals surface area contributed by atoms with Crippen molar-refractivity contribution in [2.45, 2.75) is 12.5 Å². The lowest BCUT2D eigenvalue weighted by Crippen LogP contribution is -2.34. The van der Waals surface area contributed by atoms with Crippen LogP contribution in [0.15, 0.2) is 65.6 Å². The van der Waals surface area contributed by atoms with Crippen LogP contribution in [0.1, 0.15) is 23.6 Å². The molecule has 0 radical (unpaired) electrons. The number of aliphatic carboxylic acids is 1. The standard InChI is InChI=1S/C19H15NO3S2/c21-17(22)12-15(14-9-5-2-6-10-14)20-18(23)16(25-19(20)24)11-13-7-3-1-4-8-13/h1-11,15H,12H2,(H,21,22)/b16-11-/t15-/m0/s1. The zero-order chi connectivity index (χ0) is 17.8. The summed E-state index contributed by atoms with van der Waals surface area (Å²) in [6.45, 7) is 0. The molecule has 126 valence electrons. The number of benzene rings is 2. The molecule has 0 bridgehead atoms. The number of hydrogen-bond donors (Lipinski definition) is 1. The number of thioether (sulfide) groups is 1. The van der Waals surface area contributed by atoms with E-state index in [4.69, 9.17) is 12.2 Å². The van der Waals surface area contributed by atoms with Crippen LogP contribution in [0.2, 0.25) is 0 Å². The minimum atomic E-state index is -0.977. The predicted octanol–water partition coefficient (Wildman–Crippen LogP) is 4.10. The maximum atomic E-state index is 12.9. The van der Waals surface area contributed by atoms with Gasteiger partial charge in [0.25, 0.3) is 5.91 Å². The number of carboxylic acid groups (broad SMARTS) is 1. The Morgan fingerprint density at radius 1 is 1.12 bits per heavy atom. The van der Waals surface area contributed by atoms with E-state index in [-0.39, 0.29) is 12.3 Å². The van der Waals surface area contributed by atoms with Gasteiger partial charge in [-0.2, -0.15) is 0 Å². The summed E-state index contributed by atoms with van der Waals surface area (Å²) in [5.41, 5.74) is 1.65. The molecule has 1 aliphatic heterocycles. The van der Waals surface area contributed by atoms with Crippen LogP contribution in [0.4, 0.5) is 0 Å². The minimum Gasteiger partial charge on any atom is -0.481 e. The summed E-state index contributed by atoms with van der Waals surface area (Å²) in [4.78, 5) is 26.1. The van der Waals surface area contributed by atoms with Crippen molar-refractivity contribution < 1.29 is 14.7 Å². The van der Waals surface area contributed by atoms with Crippen LogP contribution in [-0.4, -0.2) is 26.2 Å². The summed E-state index contributed by atoms with van der Waals surface area (Å²) in [5.74, 6) is -1.23. The molecule has 1 atom stereocenters. The van der Waals surface area contributed by atoms with Gasteiger partial charge in [-0.05, 0) is 17.2 Å². The third-order valence-electron chi connectivity index (χ3n) is 3.78. The van der Waals surface area contributed by atoms with Crippen molar-refractivity contribution in [3.8, 4) is 0 Å². The van der Waals surface area contributed by atoms with Gasteiger partial charge in [0.05, 0.1) is 17.4 Å². The molecule has 0 unspecified atom stereocenters. The smallest absolute Gasteiger partial charge is 0.305 e. The molecule has 4 nitrogen and oxygen atoms in total. The highest BCUT2D eigenvalue weighted by atomic mass is 32.2. The molecule has 3 rings (SSSR count). The van der Waals surface area contributed by atoms with E-state index in [1.807, 2.05) is 60.7 Å². The fourth-order valence-corrected chi connectivity index (χ4v) is 4.00. The molecule has 0 aromatic heterocycles. The number of carbonyl (C=O) groups excluding carboxylic acids is 1. The van der Waals surface area contributed by atoms with Crippen molar-refractivity contribution >= 4 is 46.3 Å². The number of carbonyl (C=O) groups is 2. The van der Waals surface area contributed by atoms with Gasteiger partial charge in [0.15, 0.2) is 0 Å². The Morgan fingerprint density at radius 3 is 2.32 bits per heavy atom. The number of nitrogens with zero attached hydrogens (tertiary/aromatic N) is 1. The molecule has 1 amide bonds. The Labute approximate surface area is 155 Å². The first-order valence-electron chi connectivity index (χ1n) is 7.65. The second kappa shape index (κ2) is 7.63. The summed E-state index contributed by atoms with van der Waals surface area (Å²) in [6.07, 6.45) is 1.58. The van der Waals surface area contributed by atoms with Crippen molar-refractivity contribution in [1.82, 2.24) is 4.90 Å². The summed E-state index contributed by atoms with van der Waals surface area (Å²) < 4.78 is 0.377. The SMILES string of the molecule is O=C(O)C[C@@H](c1ccccc1)N1C(=O)/C(=C/c2ccccc2)SC1=S. The third kappa shape index (κ3) is 3.97. The monoisotopic (exact) mass is 369 g/mol. The van der Waals surface area contributed by atoms with Gasteiger partial charge >= 0.3 is 5.97 Å². The van der Waals surface area contributed by atoms with Crippen LogP contribution in [0, 0.1) is 0 Å². The Hall–Kier alpha value is -2.44. The number of amides is 1. The molecule has 1 fully saturated rings. The summed E-state index contributed by atoms with van der Waals surface area (Å²) in [7, 11) is 0. The summed E-state index contributed by atoms with van der Waals surface area (Å²) in [6, 6.07) is 18.0. The Bertz CT molecular complexity index is 834. The number of rotatable bonds is 5. The van der Waals surface area contributed by atoms with Crippen LogP contribution >= 0.6 is 24.0 Å². The van der Waals surface area contributed by atoms with Gasteiger partial charge in [-0.1, -0.05) is 84.6 Å². The molecule has 2 aromatic carbocycles. The largest absolute Gasteiger partial charge is 0.481 e. The van der Waals surface area contributed by atoms with Crippen LogP contribution in [0.25, 0.3) is 6.08 Å². The van der Waals surface area contributed by atoms with Crippen LogP contribution in [0.5, 0.6) is 0 Å². The first-order chi connectivity index (χ1) is 12.1. The van der Waals surface area contributed by atoms with Crippen LogP contribution in [-0.2, 0) is 9.59 Å². The van der Waals surface area contributed by atoms with Crippen molar-refractivity contribution in [3.05, 3.63) is 76.7 Å². The van der Waals surface area contributed by atoms with Gasteiger partial charge in [-0.3, -0.25) is 14.5 Å². The number of hydrogen-bond acceptors (Lipinski definition) is 4. The molecule has 6 heteroatoms. The van der Waals surface area contributed by atoms with Gasteiger partial charge in [-0.15, -0.1) is 0 Å². The highest BCUT2D eigenvalue weighted by Gasteiger charge is 2.38.